The van der Waals surface area contributed by atoms with Gasteiger partial charge in [0.05, 0.1) is 0 Å². The van der Waals surface area contributed by atoms with Crippen LogP contribution in [0.1, 0.15) is 52.9 Å². The summed E-state index contributed by atoms with van der Waals surface area (Å²) >= 11 is 0. The summed E-state index contributed by atoms with van der Waals surface area (Å²) in [6.07, 6.45) is 3.35. The highest BCUT2D eigenvalue weighted by molar-refractivity contribution is 5.73. The van der Waals surface area contributed by atoms with Crippen molar-refractivity contribution in [2.45, 2.75) is 64.5 Å². The molecule has 0 aliphatic rings. The average Bonchev–Trinajstić information content (AvgIpc) is 2.20. The summed E-state index contributed by atoms with van der Waals surface area (Å²) in [5.74, 6) is -1.02. The van der Waals surface area contributed by atoms with Crippen molar-refractivity contribution in [2.24, 2.45) is 0 Å². The first-order valence-electron chi connectivity index (χ1n) is 6.38. The molecule has 0 aromatic heterocycles. The number of unbranched alkanes of at least 4 members (excludes halogenated alkanes) is 2. The Morgan fingerprint density at radius 2 is 1.83 bits per heavy atom. The molecule has 0 aromatic carbocycles. The molecule has 0 saturated heterocycles. The highest BCUT2D eigenvalue weighted by Crippen LogP contribution is 2.11. The SMILES string of the molecule is CN[C@@H](CCCCCC(=O)OC(C)(C)C)C(=O)O. The fourth-order valence-electron chi connectivity index (χ4n) is 1.58. The topological polar surface area (TPSA) is 75.6 Å². The molecule has 0 aromatic rings. The van der Waals surface area contributed by atoms with Crippen LogP contribution in [0.15, 0.2) is 0 Å². The summed E-state index contributed by atoms with van der Waals surface area (Å²) < 4.78 is 5.18. The summed E-state index contributed by atoms with van der Waals surface area (Å²) in [5.41, 5.74) is -0.433. The molecule has 5 heteroatoms. The number of rotatable bonds is 8. The maximum atomic E-state index is 11.4. The Balaban J connectivity index is 3.62. The molecule has 106 valence electrons. The zero-order valence-electron chi connectivity index (χ0n) is 11.8. The minimum Gasteiger partial charge on any atom is -0.480 e. The molecule has 0 spiro atoms. The van der Waals surface area contributed by atoms with Gasteiger partial charge in [0, 0.05) is 6.42 Å². The van der Waals surface area contributed by atoms with Gasteiger partial charge in [-0.3, -0.25) is 9.59 Å². The van der Waals surface area contributed by atoms with Crippen LogP contribution in [0.2, 0.25) is 0 Å². The number of ether oxygens (including phenoxy) is 1. The van der Waals surface area contributed by atoms with Gasteiger partial charge in [0.2, 0.25) is 0 Å². The van der Waals surface area contributed by atoms with Crippen molar-refractivity contribution in [1.29, 1.82) is 0 Å². The lowest BCUT2D eigenvalue weighted by Gasteiger charge is -2.19. The molecule has 0 amide bonds. The molecule has 0 aliphatic heterocycles. The van der Waals surface area contributed by atoms with Gasteiger partial charge in [-0.1, -0.05) is 12.8 Å². The zero-order valence-corrected chi connectivity index (χ0v) is 11.8. The van der Waals surface area contributed by atoms with Gasteiger partial charge in [-0.15, -0.1) is 0 Å². The predicted molar refractivity (Wildman–Crippen MR) is 69.4 cm³/mol. The van der Waals surface area contributed by atoms with Gasteiger partial charge in [-0.25, -0.2) is 0 Å². The third-order valence-corrected chi connectivity index (χ3v) is 2.44. The number of esters is 1. The maximum absolute atomic E-state index is 11.4. The van der Waals surface area contributed by atoms with Crippen LogP contribution < -0.4 is 5.32 Å². The minimum atomic E-state index is -0.829. The quantitative estimate of drug-likeness (QED) is 0.514. The van der Waals surface area contributed by atoms with E-state index in [1.54, 1.807) is 7.05 Å². The van der Waals surface area contributed by atoms with E-state index >= 15 is 0 Å². The van der Waals surface area contributed by atoms with Crippen molar-refractivity contribution < 1.29 is 19.4 Å². The van der Waals surface area contributed by atoms with Crippen LogP contribution in [0.25, 0.3) is 0 Å². The normalized spacial score (nSPS) is 13.1. The van der Waals surface area contributed by atoms with Crippen LogP contribution in [0.5, 0.6) is 0 Å². The Morgan fingerprint density at radius 1 is 1.22 bits per heavy atom. The van der Waals surface area contributed by atoms with Crippen molar-refractivity contribution >= 4 is 11.9 Å². The predicted octanol–water partition coefficient (Wildman–Crippen LogP) is 1.95. The van der Waals surface area contributed by atoms with Gasteiger partial charge in [-0.05, 0) is 40.7 Å². The summed E-state index contributed by atoms with van der Waals surface area (Å²) in [7, 11) is 1.64. The number of carbonyl (C=O) groups is 2. The summed E-state index contributed by atoms with van der Waals surface area (Å²) in [6, 6.07) is -0.494. The average molecular weight is 259 g/mol. The van der Waals surface area contributed by atoms with Crippen molar-refractivity contribution in [3.05, 3.63) is 0 Å². The Labute approximate surface area is 109 Å². The first-order chi connectivity index (χ1) is 8.26. The van der Waals surface area contributed by atoms with E-state index in [0.717, 1.165) is 19.3 Å². The highest BCUT2D eigenvalue weighted by Gasteiger charge is 2.16. The van der Waals surface area contributed by atoms with Gasteiger partial charge >= 0.3 is 11.9 Å². The van der Waals surface area contributed by atoms with Crippen LogP contribution in [-0.4, -0.2) is 35.7 Å². The molecule has 0 rings (SSSR count). The molecule has 2 N–H and O–H groups in total. The van der Waals surface area contributed by atoms with E-state index in [4.69, 9.17) is 9.84 Å². The Kier molecular flexibility index (Phi) is 7.59. The number of aliphatic carboxylic acids is 1. The van der Waals surface area contributed by atoms with E-state index < -0.39 is 17.6 Å². The third kappa shape index (κ3) is 8.98. The molecule has 0 saturated carbocycles. The van der Waals surface area contributed by atoms with Gasteiger partial charge in [-0.2, -0.15) is 0 Å². The first kappa shape index (κ1) is 16.9. The molecule has 0 unspecified atom stereocenters. The molecular formula is C13H25NO4. The summed E-state index contributed by atoms with van der Waals surface area (Å²) in [4.78, 5) is 22.1. The van der Waals surface area contributed by atoms with Crippen LogP contribution in [0, 0.1) is 0 Å². The summed E-state index contributed by atoms with van der Waals surface area (Å²) in [6.45, 7) is 5.53. The van der Waals surface area contributed by atoms with E-state index in [-0.39, 0.29) is 5.97 Å². The van der Waals surface area contributed by atoms with E-state index in [9.17, 15) is 9.59 Å². The molecule has 18 heavy (non-hydrogen) atoms. The number of carbonyl (C=O) groups excluding carboxylic acids is 1. The fraction of sp³-hybridized carbons (Fsp3) is 0.846. The maximum Gasteiger partial charge on any atom is 0.320 e. The Hall–Kier alpha value is -1.10. The van der Waals surface area contributed by atoms with Crippen molar-refractivity contribution in [2.75, 3.05) is 7.05 Å². The van der Waals surface area contributed by atoms with Crippen molar-refractivity contribution in [3.8, 4) is 0 Å². The zero-order chi connectivity index (χ0) is 14.2. The first-order valence-corrected chi connectivity index (χ1v) is 6.38. The number of nitrogens with one attached hydrogen (secondary N) is 1. The van der Waals surface area contributed by atoms with Gasteiger partial charge in [0.15, 0.2) is 0 Å². The number of hydrogen-bond donors (Lipinski definition) is 2. The number of carboxylic acid groups (broad SMARTS) is 1. The van der Waals surface area contributed by atoms with E-state index in [1.807, 2.05) is 20.8 Å². The number of hydrogen-bond acceptors (Lipinski definition) is 4. The monoisotopic (exact) mass is 259 g/mol. The second-order valence-electron chi connectivity index (χ2n) is 5.37. The molecule has 5 nitrogen and oxygen atoms in total. The van der Waals surface area contributed by atoms with E-state index in [1.165, 1.54) is 0 Å². The molecular weight excluding hydrogens is 234 g/mol. The number of carboxylic acids is 1. The second kappa shape index (κ2) is 8.08. The minimum absolute atomic E-state index is 0.189. The second-order valence-corrected chi connectivity index (χ2v) is 5.37. The molecule has 0 radical (unpaired) electrons. The fourth-order valence-corrected chi connectivity index (χ4v) is 1.58. The lowest BCUT2D eigenvalue weighted by atomic mass is 10.1. The van der Waals surface area contributed by atoms with E-state index in [2.05, 4.69) is 5.32 Å². The van der Waals surface area contributed by atoms with Crippen molar-refractivity contribution in [1.82, 2.24) is 5.32 Å². The van der Waals surface area contributed by atoms with Crippen LogP contribution in [0.4, 0.5) is 0 Å². The molecule has 0 fully saturated rings. The molecule has 0 bridgehead atoms. The summed E-state index contributed by atoms with van der Waals surface area (Å²) in [5, 5.41) is 11.6. The third-order valence-electron chi connectivity index (χ3n) is 2.44. The molecule has 1 atom stereocenters. The number of likely N-dealkylation sites (N-methyl/N-ethyl adjacent to an activating group) is 1. The van der Waals surface area contributed by atoms with Gasteiger partial charge < -0.3 is 15.2 Å². The van der Waals surface area contributed by atoms with Gasteiger partial charge in [0.1, 0.15) is 11.6 Å². The molecule has 0 heterocycles. The Morgan fingerprint density at radius 3 is 2.28 bits per heavy atom. The van der Waals surface area contributed by atoms with Crippen LogP contribution in [0.3, 0.4) is 0 Å². The van der Waals surface area contributed by atoms with Crippen LogP contribution >= 0.6 is 0 Å². The van der Waals surface area contributed by atoms with Crippen molar-refractivity contribution in [3.63, 3.8) is 0 Å². The molecule has 0 aliphatic carbocycles. The largest absolute Gasteiger partial charge is 0.480 e. The lowest BCUT2D eigenvalue weighted by Crippen LogP contribution is -2.33. The Bertz CT molecular complexity index is 271. The van der Waals surface area contributed by atoms with Gasteiger partial charge in [0.25, 0.3) is 0 Å². The van der Waals surface area contributed by atoms with E-state index in [0.29, 0.717) is 12.8 Å². The van der Waals surface area contributed by atoms with Crippen LogP contribution in [-0.2, 0) is 14.3 Å². The highest BCUT2D eigenvalue weighted by atomic mass is 16.6. The standard InChI is InChI=1S/C13H25NO4/c1-13(2,3)18-11(15)9-7-5-6-8-10(14-4)12(16)17/h10,14H,5-9H2,1-4H3,(H,16,17)/t10-/m0/s1. The lowest BCUT2D eigenvalue weighted by molar-refractivity contribution is -0.155. The smallest absolute Gasteiger partial charge is 0.320 e.